The van der Waals surface area contributed by atoms with Gasteiger partial charge in [-0.25, -0.2) is 0 Å². The lowest BCUT2D eigenvalue weighted by Gasteiger charge is -2.17. The Bertz CT molecular complexity index is 808. The second kappa shape index (κ2) is 6.08. The van der Waals surface area contributed by atoms with Gasteiger partial charge in [-0.1, -0.05) is 28.1 Å². The molecule has 24 heavy (non-hydrogen) atoms. The summed E-state index contributed by atoms with van der Waals surface area (Å²) in [6.45, 7) is 0. The van der Waals surface area contributed by atoms with E-state index in [1.54, 1.807) is 18.2 Å². The number of hydrogen-bond donors (Lipinski definition) is 1. The molecule has 0 spiro atoms. The minimum atomic E-state index is -4.40. The van der Waals surface area contributed by atoms with Crippen LogP contribution < -0.4 is 5.32 Å². The maximum absolute atomic E-state index is 13.1. The van der Waals surface area contributed by atoms with E-state index in [2.05, 4.69) is 21.2 Å². The van der Waals surface area contributed by atoms with Gasteiger partial charge < -0.3 is 5.32 Å². The van der Waals surface area contributed by atoms with Crippen LogP contribution in [0.15, 0.2) is 40.9 Å². The van der Waals surface area contributed by atoms with Crippen LogP contribution in [0.2, 0.25) is 0 Å². The van der Waals surface area contributed by atoms with Crippen molar-refractivity contribution < 1.29 is 18.1 Å². The minimum Gasteiger partial charge on any atom is -0.373 e. The fourth-order valence-corrected chi connectivity index (χ4v) is 3.40. The number of fused-ring (bicyclic) bond motifs is 1. The van der Waals surface area contributed by atoms with E-state index >= 15 is 0 Å². The second-order valence-corrected chi connectivity index (χ2v) is 6.44. The Kier molecular flexibility index (Phi) is 4.25. The van der Waals surface area contributed by atoms with Gasteiger partial charge >= 0.3 is 6.18 Å². The van der Waals surface area contributed by atoms with Crippen LogP contribution in [0.4, 0.5) is 24.5 Å². The molecule has 3 rings (SSSR count). The molecule has 1 unspecified atom stereocenters. The molecule has 1 atom stereocenters. The van der Waals surface area contributed by atoms with Crippen LogP contribution >= 0.6 is 15.9 Å². The van der Waals surface area contributed by atoms with Crippen molar-refractivity contribution in [3.63, 3.8) is 0 Å². The Hall–Kier alpha value is -2.09. The molecule has 0 bridgehead atoms. The van der Waals surface area contributed by atoms with Gasteiger partial charge in [0.05, 0.1) is 16.5 Å². The summed E-state index contributed by atoms with van der Waals surface area (Å²) < 4.78 is 40.0. The quantitative estimate of drug-likeness (QED) is 0.548. The Morgan fingerprint density at radius 2 is 2.00 bits per heavy atom. The molecule has 2 aromatic rings. The third-order valence-corrected chi connectivity index (χ3v) is 4.55. The number of nitrogens with zero attached hydrogens (tertiary/aromatic N) is 1. The molecule has 126 valence electrons. The smallest absolute Gasteiger partial charge is 0.373 e. The molecular weight excluding hydrogens is 389 g/mol. The van der Waals surface area contributed by atoms with Crippen molar-refractivity contribution in [2.24, 2.45) is 0 Å². The predicted molar refractivity (Wildman–Crippen MR) is 86.9 cm³/mol. The fraction of sp³-hybridized carbons (Fsp3) is 0.250. The predicted octanol–water partition coefficient (Wildman–Crippen LogP) is 5.48. The van der Waals surface area contributed by atoms with E-state index in [9.17, 15) is 23.3 Å². The fourth-order valence-electron chi connectivity index (χ4n) is 3.04. The molecule has 0 saturated carbocycles. The van der Waals surface area contributed by atoms with E-state index in [1.165, 1.54) is 12.1 Å². The third kappa shape index (κ3) is 3.10. The van der Waals surface area contributed by atoms with Gasteiger partial charge in [0.1, 0.15) is 5.69 Å². The van der Waals surface area contributed by atoms with Gasteiger partial charge in [-0.05, 0) is 42.2 Å². The average molecular weight is 401 g/mol. The number of hydrogen-bond acceptors (Lipinski definition) is 3. The molecule has 0 radical (unpaired) electrons. The summed E-state index contributed by atoms with van der Waals surface area (Å²) in [7, 11) is 0. The normalized spacial score (nSPS) is 16.8. The number of nitro benzene ring substituents is 1. The molecule has 1 N–H and O–H groups in total. The van der Waals surface area contributed by atoms with Crippen molar-refractivity contribution in [1.82, 2.24) is 0 Å². The summed E-state index contributed by atoms with van der Waals surface area (Å²) >= 11 is 3.25. The standard InChI is InChI=1S/C16H12BrF3N2O2/c17-9-4-7-15(22(23)24)14(8-9)21-13-6-5-10-11(13)2-1-3-12(10)16(18,19)20/h1-4,7-8,13,21H,5-6H2. The van der Waals surface area contributed by atoms with E-state index < -0.39 is 22.7 Å². The topological polar surface area (TPSA) is 55.2 Å². The molecule has 0 saturated heterocycles. The largest absolute Gasteiger partial charge is 0.416 e. The first-order chi connectivity index (χ1) is 11.3. The summed E-state index contributed by atoms with van der Waals surface area (Å²) in [6.07, 6.45) is -3.67. The highest BCUT2D eigenvalue weighted by atomic mass is 79.9. The van der Waals surface area contributed by atoms with Gasteiger partial charge in [-0.2, -0.15) is 13.2 Å². The average Bonchev–Trinajstić information content (AvgIpc) is 2.89. The van der Waals surface area contributed by atoms with Crippen molar-refractivity contribution in [1.29, 1.82) is 0 Å². The summed E-state index contributed by atoms with van der Waals surface area (Å²) in [6, 6.07) is 8.15. The SMILES string of the molecule is O=[N+]([O-])c1ccc(Br)cc1NC1CCc2c1cccc2C(F)(F)F. The molecule has 2 aromatic carbocycles. The van der Waals surface area contributed by atoms with Crippen LogP contribution in [0.1, 0.15) is 29.2 Å². The lowest BCUT2D eigenvalue weighted by Crippen LogP contribution is -2.11. The molecule has 1 aliphatic rings. The zero-order valence-corrected chi connectivity index (χ0v) is 13.8. The van der Waals surface area contributed by atoms with Gasteiger partial charge in [0.15, 0.2) is 0 Å². The first kappa shape index (κ1) is 16.8. The minimum absolute atomic E-state index is 0.112. The van der Waals surface area contributed by atoms with Gasteiger partial charge in [-0.15, -0.1) is 0 Å². The number of nitrogens with one attached hydrogen (secondary N) is 1. The Morgan fingerprint density at radius 1 is 1.25 bits per heavy atom. The second-order valence-electron chi connectivity index (χ2n) is 5.53. The molecule has 0 fully saturated rings. The molecular formula is C16H12BrF3N2O2. The van der Waals surface area contributed by atoms with Crippen LogP contribution in [0, 0.1) is 10.1 Å². The summed E-state index contributed by atoms with van der Waals surface area (Å²) in [4.78, 5) is 10.6. The van der Waals surface area contributed by atoms with Crippen molar-refractivity contribution >= 4 is 27.3 Å². The zero-order valence-electron chi connectivity index (χ0n) is 12.2. The maximum Gasteiger partial charge on any atom is 0.416 e. The van der Waals surface area contributed by atoms with E-state index in [0.717, 1.165) is 6.07 Å². The van der Waals surface area contributed by atoms with E-state index in [0.29, 0.717) is 16.5 Å². The van der Waals surface area contributed by atoms with Crippen LogP contribution in [0.25, 0.3) is 0 Å². The number of rotatable bonds is 3. The van der Waals surface area contributed by atoms with E-state index in [-0.39, 0.29) is 23.4 Å². The van der Waals surface area contributed by atoms with Crippen molar-refractivity contribution in [2.75, 3.05) is 5.32 Å². The maximum atomic E-state index is 13.1. The first-order valence-electron chi connectivity index (χ1n) is 7.17. The molecule has 0 amide bonds. The lowest BCUT2D eigenvalue weighted by molar-refractivity contribution is -0.384. The Labute approximate surface area is 144 Å². The van der Waals surface area contributed by atoms with Crippen LogP contribution in [-0.2, 0) is 12.6 Å². The molecule has 1 aliphatic carbocycles. The molecule has 8 heteroatoms. The highest BCUT2D eigenvalue weighted by molar-refractivity contribution is 9.10. The van der Waals surface area contributed by atoms with Crippen molar-refractivity contribution in [3.8, 4) is 0 Å². The number of anilines is 1. The van der Waals surface area contributed by atoms with E-state index in [1.807, 2.05) is 0 Å². The number of nitro groups is 1. The van der Waals surface area contributed by atoms with Crippen LogP contribution in [-0.4, -0.2) is 4.92 Å². The number of halogens is 4. The van der Waals surface area contributed by atoms with E-state index in [4.69, 9.17) is 0 Å². The lowest BCUT2D eigenvalue weighted by atomic mass is 10.0. The molecule has 0 aliphatic heterocycles. The summed E-state index contributed by atoms with van der Waals surface area (Å²) in [5, 5.41) is 14.2. The molecule has 4 nitrogen and oxygen atoms in total. The molecule has 0 aromatic heterocycles. The summed E-state index contributed by atoms with van der Waals surface area (Å²) in [5.41, 5.74) is 0.343. The number of alkyl halides is 3. The molecule has 0 heterocycles. The Morgan fingerprint density at radius 3 is 2.67 bits per heavy atom. The highest BCUT2D eigenvalue weighted by Gasteiger charge is 2.37. The van der Waals surface area contributed by atoms with Crippen LogP contribution in [0.3, 0.4) is 0 Å². The zero-order chi connectivity index (χ0) is 17.5. The Balaban J connectivity index is 1.97. The van der Waals surface area contributed by atoms with Crippen molar-refractivity contribution in [2.45, 2.75) is 25.1 Å². The third-order valence-electron chi connectivity index (χ3n) is 4.06. The van der Waals surface area contributed by atoms with Gasteiger partial charge in [-0.3, -0.25) is 10.1 Å². The van der Waals surface area contributed by atoms with Crippen LogP contribution in [0.5, 0.6) is 0 Å². The van der Waals surface area contributed by atoms with Gasteiger partial charge in [0, 0.05) is 10.5 Å². The highest BCUT2D eigenvalue weighted by Crippen LogP contribution is 2.42. The monoisotopic (exact) mass is 400 g/mol. The van der Waals surface area contributed by atoms with Crippen molar-refractivity contribution in [3.05, 3.63) is 67.7 Å². The van der Waals surface area contributed by atoms with Gasteiger partial charge in [0.25, 0.3) is 5.69 Å². The van der Waals surface area contributed by atoms with Gasteiger partial charge in [0.2, 0.25) is 0 Å². The summed E-state index contributed by atoms with van der Waals surface area (Å²) in [5.74, 6) is 0. The number of benzene rings is 2. The first-order valence-corrected chi connectivity index (χ1v) is 7.96.